The van der Waals surface area contributed by atoms with Crippen LogP contribution in [-0.2, 0) is 13.2 Å². The molecule has 1 fully saturated rings. The zero-order valence-corrected chi connectivity index (χ0v) is 13.3. The molecular formula is C17H16F3N3O2. The number of aromatic nitrogens is 2. The Balaban J connectivity index is 1.59. The van der Waals surface area contributed by atoms with Gasteiger partial charge in [-0.2, -0.15) is 4.98 Å². The lowest BCUT2D eigenvalue weighted by atomic mass is 9.96. The molecule has 1 aromatic carbocycles. The fraction of sp³-hybridized carbons (Fsp3) is 0.412. The molecule has 0 aliphatic carbocycles. The van der Waals surface area contributed by atoms with Crippen LogP contribution in [0.1, 0.15) is 18.4 Å². The molecule has 25 heavy (non-hydrogen) atoms. The summed E-state index contributed by atoms with van der Waals surface area (Å²) in [6, 6.07) is 2.85. The lowest BCUT2D eigenvalue weighted by molar-refractivity contribution is 0.277. The number of nitrogens with zero attached hydrogens (tertiary/aromatic N) is 3. The molecule has 0 N–H and O–H groups in total. The number of fused-ring (bicyclic) bond motifs is 4. The van der Waals surface area contributed by atoms with Gasteiger partial charge in [0.1, 0.15) is 18.2 Å². The second-order valence-electron chi connectivity index (χ2n) is 6.45. The Morgan fingerprint density at radius 3 is 2.76 bits per heavy atom. The highest BCUT2D eigenvalue weighted by Gasteiger charge is 2.29. The van der Waals surface area contributed by atoms with Gasteiger partial charge in [0.2, 0.25) is 5.88 Å². The Kier molecular flexibility index (Phi) is 3.89. The molecule has 1 aromatic heterocycles. The van der Waals surface area contributed by atoms with Crippen LogP contribution in [0, 0.1) is 23.4 Å². The molecule has 2 aliphatic heterocycles. The average molecular weight is 351 g/mol. The number of benzene rings is 1. The van der Waals surface area contributed by atoms with Crippen LogP contribution >= 0.6 is 0 Å². The highest BCUT2D eigenvalue weighted by molar-refractivity contribution is 5.44. The molecule has 3 heterocycles. The smallest absolute Gasteiger partial charge is 0.352 e. The Bertz CT molecular complexity index is 884. The van der Waals surface area contributed by atoms with Gasteiger partial charge in [-0.1, -0.05) is 0 Å². The van der Waals surface area contributed by atoms with Crippen molar-refractivity contribution in [1.82, 2.24) is 9.55 Å². The summed E-state index contributed by atoms with van der Waals surface area (Å²) in [6.45, 7) is 2.04. The first kappa shape index (κ1) is 16.0. The monoisotopic (exact) mass is 351 g/mol. The largest absolute Gasteiger partial charge is 0.472 e. The molecule has 2 aliphatic rings. The topological polar surface area (TPSA) is 47.4 Å². The summed E-state index contributed by atoms with van der Waals surface area (Å²) in [5, 5.41) is 0. The van der Waals surface area contributed by atoms with Gasteiger partial charge in [-0.3, -0.25) is 4.57 Å². The van der Waals surface area contributed by atoms with Crippen molar-refractivity contribution in [2.45, 2.75) is 26.0 Å². The molecule has 132 valence electrons. The fourth-order valence-corrected chi connectivity index (χ4v) is 3.49. The van der Waals surface area contributed by atoms with Crippen molar-refractivity contribution < 1.29 is 17.9 Å². The molecule has 8 heteroatoms. The van der Waals surface area contributed by atoms with Crippen LogP contribution < -0.4 is 15.3 Å². The maximum atomic E-state index is 13.7. The van der Waals surface area contributed by atoms with Crippen molar-refractivity contribution in [2.75, 3.05) is 18.0 Å². The van der Waals surface area contributed by atoms with Gasteiger partial charge in [0, 0.05) is 37.3 Å². The zero-order valence-electron chi connectivity index (χ0n) is 13.3. The number of piperidine rings is 1. The van der Waals surface area contributed by atoms with Crippen LogP contribution in [0.3, 0.4) is 0 Å². The van der Waals surface area contributed by atoms with Gasteiger partial charge in [-0.25, -0.2) is 18.0 Å². The third kappa shape index (κ3) is 2.96. The van der Waals surface area contributed by atoms with Gasteiger partial charge in [-0.05, 0) is 24.8 Å². The van der Waals surface area contributed by atoms with E-state index < -0.39 is 23.1 Å². The van der Waals surface area contributed by atoms with Crippen LogP contribution in [0.15, 0.2) is 23.0 Å². The number of rotatable bonds is 3. The third-order valence-electron chi connectivity index (χ3n) is 4.71. The average Bonchev–Trinajstić information content (AvgIpc) is 2.58. The Hall–Kier alpha value is -2.51. The summed E-state index contributed by atoms with van der Waals surface area (Å²) in [5.41, 5.74) is -0.564. The number of hydrogen-bond acceptors (Lipinski definition) is 4. The van der Waals surface area contributed by atoms with E-state index in [1.807, 2.05) is 0 Å². The fourth-order valence-electron chi connectivity index (χ4n) is 3.49. The van der Waals surface area contributed by atoms with Gasteiger partial charge in [0.25, 0.3) is 0 Å². The van der Waals surface area contributed by atoms with Gasteiger partial charge in [-0.15, -0.1) is 0 Å². The molecule has 1 unspecified atom stereocenters. The molecule has 1 atom stereocenters. The van der Waals surface area contributed by atoms with E-state index in [0.717, 1.165) is 37.8 Å². The predicted molar refractivity (Wildman–Crippen MR) is 84.1 cm³/mol. The molecule has 1 saturated heterocycles. The maximum Gasteiger partial charge on any atom is 0.352 e. The second-order valence-corrected chi connectivity index (χ2v) is 6.45. The number of ether oxygens (including phenoxy) is 1. The summed E-state index contributed by atoms with van der Waals surface area (Å²) >= 11 is 0. The molecule has 2 aromatic rings. The van der Waals surface area contributed by atoms with Gasteiger partial charge < -0.3 is 9.64 Å². The van der Waals surface area contributed by atoms with Gasteiger partial charge >= 0.3 is 5.69 Å². The van der Waals surface area contributed by atoms with E-state index in [9.17, 15) is 18.0 Å². The first-order valence-corrected chi connectivity index (χ1v) is 8.14. The van der Waals surface area contributed by atoms with Crippen LogP contribution in [0.25, 0.3) is 0 Å². The molecule has 5 nitrogen and oxygen atoms in total. The van der Waals surface area contributed by atoms with Gasteiger partial charge in [0.15, 0.2) is 11.6 Å². The molecule has 4 rings (SSSR count). The molecular weight excluding hydrogens is 335 g/mol. The van der Waals surface area contributed by atoms with Crippen molar-refractivity contribution in [3.63, 3.8) is 0 Å². The van der Waals surface area contributed by atoms with E-state index in [1.165, 1.54) is 0 Å². The third-order valence-corrected chi connectivity index (χ3v) is 4.71. The predicted octanol–water partition coefficient (Wildman–Crippen LogP) is 2.47. The van der Waals surface area contributed by atoms with Crippen molar-refractivity contribution in [3.8, 4) is 5.88 Å². The van der Waals surface area contributed by atoms with E-state index in [-0.39, 0.29) is 18.1 Å². The Labute approximate surface area is 141 Å². The van der Waals surface area contributed by atoms with Crippen molar-refractivity contribution in [2.24, 2.45) is 5.92 Å². The summed E-state index contributed by atoms with van der Waals surface area (Å²) < 4.78 is 46.9. The van der Waals surface area contributed by atoms with Crippen molar-refractivity contribution >= 4 is 5.82 Å². The normalized spacial score (nSPS) is 18.8. The summed E-state index contributed by atoms with van der Waals surface area (Å²) in [6.07, 6.45) is 2.16. The highest BCUT2D eigenvalue weighted by Crippen LogP contribution is 2.30. The Morgan fingerprint density at radius 1 is 1.12 bits per heavy atom. The summed E-state index contributed by atoms with van der Waals surface area (Å²) in [4.78, 5) is 18.2. The molecule has 0 amide bonds. The summed E-state index contributed by atoms with van der Waals surface area (Å²) in [5.74, 6) is -2.10. The van der Waals surface area contributed by atoms with Crippen LogP contribution in [0.2, 0.25) is 0 Å². The number of halogens is 3. The van der Waals surface area contributed by atoms with Crippen LogP contribution in [0.5, 0.6) is 5.88 Å². The maximum absolute atomic E-state index is 13.7. The minimum absolute atomic E-state index is 0.0457. The standard InChI is InChI=1S/C17H16F3N3O2/c18-12-5-14(20)13(19)4-11(12)9-25-15-6-16-22-3-1-2-10(7-22)8-23(16)17(24)21-15/h4-6,10H,1-3,7-9H2. The summed E-state index contributed by atoms with van der Waals surface area (Å²) in [7, 11) is 0. The highest BCUT2D eigenvalue weighted by atomic mass is 19.2. The molecule has 0 spiro atoms. The minimum Gasteiger partial charge on any atom is -0.472 e. The van der Waals surface area contributed by atoms with Crippen LogP contribution in [-0.4, -0.2) is 22.6 Å². The van der Waals surface area contributed by atoms with Gasteiger partial charge in [0.05, 0.1) is 0 Å². The molecule has 0 radical (unpaired) electrons. The SMILES string of the molecule is O=c1nc(OCc2cc(F)c(F)cc2F)cc2n1CC1CCCN2C1. The van der Waals surface area contributed by atoms with E-state index in [1.54, 1.807) is 10.6 Å². The second kappa shape index (κ2) is 6.09. The molecule has 2 bridgehead atoms. The number of hydrogen-bond donors (Lipinski definition) is 0. The van der Waals surface area contributed by atoms with E-state index >= 15 is 0 Å². The zero-order chi connectivity index (χ0) is 17.6. The lowest BCUT2D eigenvalue weighted by Gasteiger charge is -2.40. The van der Waals surface area contributed by atoms with E-state index in [0.29, 0.717) is 18.5 Å². The first-order valence-electron chi connectivity index (χ1n) is 8.14. The van der Waals surface area contributed by atoms with Crippen LogP contribution in [0.4, 0.5) is 19.0 Å². The quantitative estimate of drug-likeness (QED) is 0.797. The van der Waals surface area contributed by atoms with Crippen molar-refractivity contribution in [1.29, 1.82) is 0 Å². The van der Waals surface area contributed by atoms with E-state index in [4.69, 9.17) is 4.74 Å². The Morgan fingerprint density at radius 2 is 1.92 bits per heavy atom. The van der Waals surface area contributed by atoms with E-state index in [2.05, 4.69) is 9.88 Å². The molecule has 0 saturated carbocycles. The lowest BCUT2D eigenvalue weighted by Crippen LogP contribution is -2.46. The van der Waals surface area contributed by atoms with Crippen molar-refractivity contribution in [3.05, 3.63) is 51.7 Å². The number of anilines is 1. The first-order chi connectivity index (χ1) is 12.0. The minimum atomic E-state index is -1.26.